The first-order chi connectivity index (χ1) is 18.5. The highest BCUT2D eigenvalue weighted by Crippen LogP contribution is 2.36. The van der Waals surface area contributed by atoms with Gasteiger partial charge in [0.2, 0.25) is 0 Å². The molecule has 0 aliphatic rings. The monoisotopic (exact) mass is 503 g/mol. The van der Waals surface area contributed by atoms with Gasteiger partial charge in [0.15, 0.2) is 0 Å². The van der Waals surface area contributed by atoms with E-state index < -0.39 is 0 Å². The van der Waals surface area contributed by atoms with Gasteiger partial charge in [0.1, 0.15) is 12.3 Å². The van der Waals surface area contributed by atoms with Crippen LogP contribution in [0.2, 0.25) is 0 Å². The molecule has 0 amide bonds. The summed E-state index contributed by atoms with van der Waals surface area (Å²) in [6.45, 7) is 9.10. The van der Waals surface area contributed by atoms with Gasteiger partial charge in [-0.05, 0) is 49.1 Å². The predicted molar refractivity (Wildman–Crippen MR) is 156 cm³/mol. The zero-order chi connectivity index (χ0) is 26.4. The van der Waals surface area contributed by atoms with E-state index >= 15 is 0 Å². The molecule has 0 fully saturated rings. The summed E-state index contributed by atoms with van der Waals surface area (Å²) in [6.07, 6.45) is 2.04. The third-order valence-electron chi connectivity index (χ3n) is 7.30. The van der Waals surface area contributed by atoms with E-state index in [4.69, 9.17) is 9.72 Å². The number of pyridine rings is 1. The lowest BCUT2D eigenvalue weighted by molar-refractivity contribution is -0.138. The van der Waals surface area contributed by atoms with Crippen molar-refractivity contribution >= 4 is 60.7 Å². The molecule has 0 saturated heterocycles. The summed E-state index contributed by atoms with van der Waals surface area (Å²) < 4.78 is 7.18. The molecule has 0 unspecified atom stereocenters. The number of carbonyl (C=O) groups excluding carboxylic acids is 1. The Balaban J connectivity index is 1.58. The van der Waals surface area contributed by atoms with Crippen molar-refractivity contribution in [3.05, 3.63) is 89.2 Å². The van der Waals surface area contributed by atoms with Crippen LogP contribution >= 0.6 is 0 Å². The molecule has 0 radical (unpaired) electrons. The maximum atomic E-state index is 14.0. The predicted octanol–water partition coefficient (Wildman–Crippen LogP) is 6.47. The second-order valence-electron chi connectivity index (χ2n) is 9.85. The molecule has 0 N–H and O–H groups in total. The molecule has 0 bridgehead atoms. The van der Waals surface area contributed by atoms with E-state index in [1.54, 1.807) is 11.3 Å². The number of hydrogen-bond acceptors (Lipinski definition) is 5. The first-order valence-electron chi connectivity index (χ1n) is 13.1. The van der Waals surface area contributed by atoms with Gasteiger partial charge in [0, 0.05) is 44.7 Å². The average Bonchev–Trinajstić information content (AvgIpc) is 2.93. The molecular weight excluding hydrogens is 474 g/mol. The molecule has 6 aromatic rings. The topological polar surface area (TPSA) is 63.9 Å². The zero-order valence-corrected chi connectivity index (χ0v) is 21.7. The number of aromatic nitrogens is 2. The molecule has 2 aromatic heterocycles. The summed E-state index contributed by atoms with van der Waals surface area (Å²) in [5.41, 5.74) is 3.73. The number of unbranched alkanes of at least 4 members (excludes halogenated alkanes) is 1. The van der Waals surface area contributed by atoms with Crippen LogP contribution in [0.4, 0.5) is 5.69 Å². The number of rotatable bonds is 8. The van der Waals surface area contributed by atoms with Crippen LogP contribution in [-0.2, 0) is 9.53 Å². The molecule has 38 heavy (non-hydrogen) atoms. The summed E-state index contributed by atoms with van der Waals surface area (Å²) in [5.74, 6) is -0.381. The van der Waals surface area contributed by atoms with Crippen molar-refractivity contribution in [1.29, 1.82) is 0 Å². The summed E-state index contributed by atoms with van der Waals surface area (Å²) in [6, 6.07) is 22.2. The Bertz CT molecular complexity index is 1920. The minimum Gasteiger partial charge on any atom is -0.460 e. The van der Waals surface area contributed by atoms with Gasteiger partial charge in [-0.15, -0.1) is 0 Å². The average molecular weight is 504 g/mol. The standard InChI is InChI=1S/C32H29N3O3/c1-4-5-17-34(18-19-38-32(37)20(2)3)26-16-15-23-29-22(26)11-8-12-24(29)31(36)35-27-14-7-10-21-9-6-13-25(28(21)27)33-30(23)35/h6-16H,2,4-5,17-19H2,1,3H3. The number of fused-ring (bicyclic) bond motifs is 3. The Labute approximate surface area is 220 Å². The number of benzene rings is 4. The van der Waals surface area contributed by atoms with Gasteiger partial charge >= 0.3 is 5.97 Å². The number of anilines is 1. The van der Waals surface area contributed by atoms with E-state index in [0.717, 1.165) is 63.0 Å². The lowest BCUT2D eigenvalue weighted by Gasteiger charge is -2.27. The molecule has 0 aliphatic carbocycles. The van der Waals surface area contributed by atoms with E-state index in [0.29, 0.717) is 23.2 Å². The lowest BCUT2D eigenvalue weighted by Crippen LogP contribution is -2.29. The number of carbonyl (C=O) groups is 1. The summed E-state index contributed by atoms with van der Waals surface area (Å²) in [4.78, 5) is 33.2. The summed E-state index contributed by atoms with van der Waals surface area (Å²) >= 11 is 0. The first kappa shape index (κ1) is 23.9. The maximum absolute atomic E-state index is 14.0. The highest BCUT2D eigenvalue weighted by molar-refractivity contribution is 6.19. The molecule has 0 atom stereocenters. The molecule has 6 heteroatoms. The fourth-order valence-electron chi connectivity index (χ4n) is 5.47. The maximum Gasteiger partial charge on any atom is 0.333 e. The van der Waals surface area contributed by atoms with Crippen molar-refractivity contribution in [3.63, 3.8) is 0 Å². The molecule has 0 saturated carbocycles. The minimum atomic E-state index is -0.381. The summed E-state index contributed by atoms with van der Waals surface area (Å²) in [5, 5.41) is 5.57. The highest BCUT2D eigenvalue weighted by Gasteiger charge is 2.19. The Morgan fingerprint density at radius 2 is 1.71 bits per heavy atom. The molecule has 0 spiro atoms. The highest BCUT2D eigenvalue weighted by atomic mass is 16.5. The minimum absolute atomic E-state index is 0.0727. The molecule has 190 valence electrons. The second-order valence-corrected chi connectivity index (χ2v) is 9.85. The van der Waals surface area contributed by atoms with Crippen LogP contribution < -0.4 is 10.5 Å². The van der Waals surface area contributed by atoms with E-state index in [1.807, 2.05) is 36.4 Å². The van der Waals surface area contributed by atoms with Crippen molar-refractivity contribution in [2.45, 2.75) is 26.7 Å². The number of esters is 1. The Hall–Kier alpha value is -4.45. The quantitative estimate of drug-likeness (QED) is 0.103. The molecule has 0 aliphatic heterocycles. The molecule has 6 rings (SSSR count). The Morgan fingerprint density at radius 1 is 0.947 bits per heavy atom. The van der Waals surface area contributed by atoms with Crippen LogP contribution in [0.5, 0.6) is 0 Å². The zero-order valence-electron chi connectivity index (χ0n) is 21.7. The van der Waals surface area contributed by atoms with E-state index in [9.17, 15) is 9.59 Å². The number of nitrogens with zero attached hydrogens (tertiary/aromatic N) is 3. The van der Waals surface area contributed by atoms with Crippen LogP contribution in [0.15, 0.2) is 83.7 Å². The van der Waals surface area contributed by atoms with Crippen LogP contribution in [0, 0.1) is 0 Å². The SMILES string of the molecule is C=C(C)C(=O)OCCN(CCCC)c1ccc2c3c1cccc3c(=O)n1c3cccc4cccc(nc21)c43. The van der Waals surface area contributed by atoms with Gasteiger partial charge in [-0.1, -0.05) is 56.3 Å². The van der Waals surface area contributed by atoms with Gasteiger partial charge < -0.3 is 9.64 Å². The third kappa shape index (κ3) is 3.76. The van der Waals surface area contributed by atoms with Gasteiger partial charge in [-0.2, -0.15) is 0 Å². The second kappa shape index (κ2) is 9.45. The number of ether oxygens (including phenoxy) is 1. The number of hydrogen-bond donors (Lipinski definition) is 0. The Kier molecular flexibility index (Phi) is 5.95. The van der Waals surface area contributed by atoms with E-state index in [2.05, 4.69) is 48.7 Å². The van der Waals surface area contributed by atoms with Crippen molar-refractivity contribution in [3.8, 4) is 0 Å². The van der Waals surface area contributed by atoms with Gasteiger partial charge in [-0.3, -0.25) is 9.20 Å². The van der Waals surface area contributed by atoms with Gasteiger partial charge in [0.25, 0.3) is 5.56 Å². The fraction of sp³-hybridized carbons (Fsp3) is 0.219. The largest absolute Gasteiger partial charge is 0.460 e. The van der Waals surface area contributed by atoms with Crippen molar-refractivity contribution in [2.75, 3.05) is 24.6 Å². The molecular formula is C32H29N3O3. The summed E-state index contributed by atoms with van der Waals surface area (Å²) in [7, 11) is 0. The van der Waals surface area contributed by atoms with Gasteiger partial charge in [-0.25, -0.2) is 9.78 Å². The Morgan fingerprint density at radius 3 is 2.50 bits per heavy atom. The lowest BCUT2D eigenvalue weighted by atomic mass is 9.99. The van der Waals surface area contributed by atoms with Crippen molar-refractivity contribution in [1.82, 2.24) is 9.38 Å². The molecule has 2 heterocycles. The third-order valence-corrected chi connectivity index (χ3v) is 7.30. The van der Waals surface area contributed by atoms with Crippen molar-refractivity contribution < 1.29 is 9.53 Å². The van der Waals surface area contributed by atoms with Crippen LogP contribution in [0.3, 0.4) is 0 Å². The van der Waals surface area contributed by atoms with Crippen LogP contribution in [-0.4, -0.2) is 35.1 Å². The molecule has 4 aromatic carbocycles. The van der Waals surface area contributed by atoms with Crippen molar-refractivity contribution in [2.24, 2.45) is 0 Å². The first-order valence-corrected chi connectivity index (χ1v) is 13.1. The molecule has 6 nitrogen and oxygen atoms in total. The smallest absolute Gasteiger partial charge is 0.333 e. The van der Waals surface area contributed by atoms with E-state index in [1.165, 1.54) is 0 Å². The van der Waals surface area contributed by atoms with Crippen LogP contribution in [0.25, 0.3) is 49.0 Å². The van der Waals surface area contributed by atoms with Gasteiger partial charge in [0.05, 0.1) is 17.6 Å². The van der Waals surface area contributed by atoms with Crippen LogP contribution in [0.1, 0.15) is 26.7 Å². The fourth-order valence-corrected chi connectivity index (χ4v) is 5.47. The van der Waals surface area contributed by atoms with E-state index in [-0.39, 0.29) is 18.1 Å². The normalized spacial score (nSPS) is 11.7.